The van der Waals surface area contributed by atoms with Gasteiger partial charge in [0, 0.05) is 12.6 Å². The smallest absolute Gasteiger partial charge is 0.255 e. The third kappa shape index (κ3) is 4.10. The Morgan fingerprint density at radius 1 is 1.33 bits per heavy atom. The van der Waals surface area contributed by atoms with Gasteiger partial charge in [-0.1, -0.05) is 30.1 Å². The van der Waals surface area contributed by atoms with Gasteiger partial charge in [-0.2, -0.15) is 0 Å². The van der Waals surface area contributed by atoms with Crippen LogP contribution < -0.4 is 5.14 Å². The maximum Gasteiger partial charge on any atom is 0.255 e. The Hall–Kier alpha value is -0.820. The lowest BCUT2D eigenvalue weighted by Crippen LogP contribution is -2.38. The first kappa shape index (κ1) is 18.2. The van der Waals surface area contributed by atoms with Crippen LogP contribution in [-0.2, 0) is 10.0 Å². The highest BCUT2D eigenvalue weighted by Gasteiger charge is 2.24. The minimum atomic E-state index is -3.97. The molecule has 2 N–H and O–H groups in total. The first-order valence-corrected chi connectivity index (χ1v) is 8.76. The molecule has 1 aromatic rings. The maximum absolute atomic E-state index is 12.6. The average Bonchev–Trinajstić information content (AvgIpc) is 2.40. The van der Waals surface area contributed by atoms with Crippen molar-refractivity contribution in [2.45, 2.75) is 38.1 Å². The molecule has 0 aliphatic heterocycles. The fourth-order valence-corrected chi connectivity index (χ4v) is 2.95. The van der Waals surface area contributed by atoms with E-state index in [9.17, 15) is 13.2 Å². The summed E-state index contributed by atoms with van der Waals surface area (Å²) in [4.78, 5) is 13.9. The summed E-state index contributed by atoms with van der Waals surface area (Å²) >= 11 is 12.0. The van der Waals surface area contributed by atoms with E-state index < -0.39 is 10.0 Å². The zero-order chi connectivity index (χ0) is 16.4. The van der Waals surface area contributed by atoms with Crippen molar-refractivity contribution in [3.63, 3.8) is 0 Å². The molecular formula is C13H18Cl2N2O3S. The lowest BCUT2D eigenvalue weighted by Gasteiger charge is -2.27. The van der Waals surface area contributed by atoms with Crippen molar-refractivity contribution in [1.82, 2.24) is 4.90 Å². The van der Waals surface area contributed by atoms with Gasteiger partial charge in [-0.25, -0.2) is 13.6 Å². The van der Waals surface area contributed by atoms with E-state index in [0.29, 0.717) is 6.54 Å². The minimum Gasteiger partial charge on any atom is -0.336 e. The van der Waals surface area contributed by atoms with Crippen molar-refractivity contribution in [2.75, 3.05) is 6.54 Å². The quantitative estimate of drug-likeness (QED) is 0.884. The van der Waals surface area contributed by atoms with Crippen molar-refractivity contribution in [1.29, 1.82) is 0 Å². The van der Waals surface area contributed by atoms with Crippen molar-refractivity contribution >= 4 is 39.1 Å². The van der Waals surface area contributed by atoms with E-state index in [-0.39, 0.29) is 32.5 Å². The normalized spacial score (nSPS) is 13.0. The van der Waals surface area contributed by atoms with Gasteiger partial charge in [0.15, 0.2) is 0 Å². The summed E-state index contributed by atoms with van der Waals surface area (Å²) in [5.41, 5.74) is 0.0374. The van der Waals surface area contributed by atoms with E-state index in [1.165, 1.54) is 0 Å². The number of amides is 1. The Morgan fingerprint density at radius 3 is 2.33 bits per heavy atom. The van der Waals surface area contributed by atoms with Crippen molar-refractivity contribution in [3.8, 4) is 0 Å². The van der Waals surface area contributed by atoms with Crippen LogP contribution in [0.4, 0.5) is 0 Å². The van der Waals surface area contributed by atoms with E-state index in [0.717, 1.165) is 18.6 Å². The van der Waals surface area contributed by atoms with Crippen LogP contribution in [-0.4, -0.2) is 31.8 Å². The Kier molecular flexibility index (Phi) is 6.04. The van der Waals surface area contributed by atoms with Gasteiger partial charge in [0.1, 0.15) is 0 Å². The molecule has 5 nitrogen and oxygen atoms in total. The van der Waals surface area contributed by atoms with Crippen LogP contribution in [0.3, 0.4) is 0 Å². The minimum absolute atomic E-state index is 0.00418. The molecule has 0 saturated heterocycles. The van der Waals surface area contributed by atoms with Crippen molar-refractivity contribution < 1.29 is 13.2 Å². The largest absolute Gasteiger partial charge is 0.336 e. The number of nitrogens with two attached hydrogens (primary N) is 1. The second kappa shape index (κ2) is 6.96. The van der Waals surface area contributed by atoms with Crippen LogP contribution in [0.1, 0.15) is 37.6 Å². The molecule has 1 atom stereocenters. The third-order valence-electron chi connectivity index (χ3n) is 3.29. The molecule has 1 aromatic carbocycles. The number of sulfonamides is 1. The van der Waals surface area contributed by atoms with E-state index >= 15 is 0 Å². The number of halogens is 2. The van der Waals surface area contributed by atoms with E-state index in [1.807, 2.05) is 20.8 Å². The number of benzene rings is 1. The van der Waals surface area contributed by atoms with Crippen LogP contribution in [0.2, 0.25) is 10.0 Å². The summed E-state index contributed by atoms with van der Waals surface area (Å²) in [6, 6.07) is 2.29. The number of nitrogens with zero attached hydrogens (tertiary/aromatic N) is 1. The molecule has 0 aromatic heterocycles. The second-order valence-corrected chi connectivity index (χ2v) is 7.01. The molecule has 1 amide bonds. The number of hydrogen-bond acceptors (Lipinski definition) is 3. The van der Waals surface area contributed by atoms with E-state index in [2.05, 4.69) is 0 Å². The first-order valence-electron chi connectivity index (χ1n) is 6.46. The standard InChI is InChI=1S/C13H18Cl2N2O3S/c1-4-8(3)17(5-2)13(18)10-6-9(21(16,19)20)7-11(14)12(10)15/h6-8H,4-5H2,1-3H3,(H2,16,19,20). The van der Waals surface area contributed by atoms with Crippen molar-refractivity contribution in [2.24, 2.45) is 5.14 Å². The summed E-state index contributed by atoms with van der Waals surface area (Å²) < 4.78 is 22.9. The van der Waals surface area contributed by atoms with E-state index in [4.69, 9.17) is 28.3 Å². The first-order chi connectivity index (χ1) is 9.63. The van der Waals surface area contributed by atoms with E-state index in [1.54, 1.807) is 4.90 Å². The topological polar surface area (TPSA) is 80.5 Å². The molecule has 0 aliphatic rings. The summed E-state index contributed by atoms with van der Waals surface area (Å²) in [7, 11) is -3.97. The van der Waals surface area contributed by atoms with Gasteiger partial charge in [-0.3, -0.25) is 4.79 Å². The van der Waals surface area contributed by atoms with Crippen LogP contribution in [0, 0.1) is 0 Å². The molecule has 0 aliphatic carbocycles. The summed E-state index contributed by atoms with van der Waals surface area (Å²) in [6.07, 6.45) is 0.764. The molecule has 8 heteroatoms. The monoisotopic (exact) mass is 352 g/mol. The Morgan fingerprint density at radius 2 is 1.90 bits per heavy atom. The van der Waals surface area contributed by atoms with Crippen LogP contribution >= 0.6 is 23.2 Å². The highest BCUT2D eigenvalue weighted by atomic mass is 35.5. The molecule has 1 unspecified atom stereocenters. The zero-order valence-corrected chi connectivity index (χ0v) is 14.4. The van der Waals surface area contributed by atoms with Gasteiger partial charge in [0.25, 0.3) is 5.91 Å². The van der Waals surface area contributed by atoms with Crippen LogP contribution in [0.15, 0.2) is 17.0 Å². The average molecular weight is 353 g/mol. The predicted molar refractivity (Wildman–Crippen MR) is 84.3 cm³/mol. The number of carbonyl (C=O) groups excluding carboxylic acids is 1. The lowest BCUT2D eigenvalue weighted by molar-refractivity contribution is 0.0700. The highest BCUT2D eigenvalue weighted by Crippen LogP contribution is 2.30. The summed E-state index contributed by atoms with van der Waals surface area (Å²) in [6.45, 7) is 6.17. The molecule has 21 heavy (non-hydrogen) atoms. The SMILES string of the molecule is CCC(C)N(CC)C(=O)c1cc(S(N)(=O)=O)cc(Cl)c1Cl. The number of carbonyl (C=O) groups is 1. The summed E-state index contributed by atoms with van der Waals surface area (Å²) in [5, 5.41) is 5.09. The Balaban J connectivity index is 3.42. The van der Waals surface area contributed by atoms with Crippen LogP contribution in [0.25, 0.3) is 0 Å². The molecule has 1 rings (SSSR count). The Bertz CT molecular complexity index is 647. The highest BCUT2D eigenvalue weighted by molar-refractivity contribution is 7.89. The van der Waals surface area contributed by atoms with Gasteiger partial charge in [0.05, 0.1) is 20.5 Å². The summed E-state index contributed by atoms with van der Waals surface area (Å²) in [5.74, 6) is -0.371. The molecular weight excluding hydrogens is 335 g/mol. The second-order valence-electron chi connectivity index (χ2n) is 4.66. The lowest BCUT2D eigenvalue weighted by atomic mass is 10.1. The molecule has 118 valence electrons. The number of primary sulfonamides is 1. The molecule has 0 spiro atoms. The maximum atomic E-state index is 12.6. The predicted octanol–water partition coefficient (Wildman–Crippen LogP) is 2.90. The van der Waals surface area contributed by atoms with Crippen LogP contribution in [0.5, 0.6) is 0 Å². The number of hydrogen-bond donors (Lipinski definition) is 1. The van der Waals surface area contributed by atoms with Gasteiger partial charge in [-0.05, 0) is 32.4 Å². The molecule has 0 bridgehead atoms. The molecule has 0 heterocycles. The molecule has 0 saturated carbocycles. The fourth-order valence-electron chi connectivity index (χ4n) is 1.91. The number of rotatable bonds is 5. The third-order valence-corrected chi connectivity index (χ3v) is 4.98. The Labute approximate surface area is 135 Å². The molecule has 0 radical (unpaired) electrons. The fraction of sp³-hybridized carbons (Fsp3) is 0.462. The van der Waals surface area contributed by atoms with Gasteiger partial charge in [-0.15, -0.1) is 0 Å². The van der Waals surface area contributed by atoms with Gasteiger partial charge < -0.3 is 4.90 Å². The van der Waals surface area contributed by atoms with Gasteiger partial charge >= 0.3 is 0 Å². The van der Waals surface area contributed by atoms with Gasteiger partial charge in [0.2, 0.25) is 10.0 Å². The molecule has 0 fully saturated rings. The zero-order valence-electron chi connectivity index (χ0n) is 12.1. The van der Waals surface area contributed by atoms with Crippen molar-refractivity contribution in [3.05, 3.63) is 27.7 Å².